The second-order valence-corrected chi connectivity index (χ2v) is 12.2. The Morgan fingerprint density at radius 1 is 1.05 bits per heavy atom. The van der Waals surface area contributed by atoms with Crippen molar-refractivity contribution < 1.29 is 23.9 Å². The first-order chi connectivity index (χ1) is 19.9. The lowest BCUT2D eigenvalue weighted by Crippen LogP contribution is -2.54. The van der Waals surface area contributed by atoms with Gasteiger partial charge in [-0.25, -0.2) is 4.79 Å². The molecule has 0 aromatic heterocycles. The molecule has 0 radical (unpaired) electrons. The van der Waals surface area contributed by atoms with Crippen molar-refractivity contribution in [3.05, 3.63) is 35.4 Å². The molecule has 1 aliphatic carbocycles. The molecule has 2 rings (SSSR count). The van der Waals surface area contributed by atoms with Gasteiger partial charge in [-0.3, -0.25) is 14.4 Å². The summed E-state index contributed by atoms with van der Waals surface area (Å²) in [5, 5.41) is 5.84. The van der Waals surface area contributed by atoms with Crippen LogP contribution < -0.4 is 16.4 Å². The van der Waals surface area contributed by atoms with Gasteiger partial charge in [-0.2, -0.15) is 0 Å². The van der Waals surface area contributed by atoms with Gasteiger partial charge in [0.1, 0.15) is 17.7 Å². The van der Waals surface area contributed by atoms with Gasteiger partial charge in [0, 0.05) is 24.6 Å². The number of hydrogen-bond donors (Lipinski definition) is 3. The molecule has 9 heteroatoms. The van der Waals surface area contributed by atoms with Crippen molar-refractivity contribution in [2.45, 2.75) is 128 Å². The smallest absolute Gasteiger partial charge is 0.408 e. The molecule has 0 heterocycles. The van der Waals surface area contributed by atoms with Crippen molar-refractivity contribution >= 4 is 23.8 Å². The van der Waals surface area contributed by atoms with Crippen LogP contribution in [0.1, 0.15) is 122 Å². The molecule has 0 spiro atoms. The molecule has 0 aliphatic heterocycles. The molecule has 0 saturated heterocycles. The minimum absolute atomic E-state index is 0.0211. The summed E-state index contributed by atoms with van der Waals surface area (Å²) in [6.07, 6.45) is 14.4. The number of terminal acetylenes is 1. The average Bonchev–Trinajstić information content (AvgIpc) is 2.93. The van der Waals surface area contributed by atoms with E-state index < -0.39 is 35.6 Å². The second-order valence-electron chi connectivity index (χ2n) is 12.2. The zero-order valence-electron chi connectivity index (χ0n) is 25.9. The van der Waals surface area contributed by atoms with Crippen molar-refractivity contribution in [3.63, 3.8) is 0 Å². The maximum absolute atomic E-state index is 14.3. The monoisotopic (exact) mass is 582 g/mol. The molecule has 1 saturated carbocycles. The first-order valence-electron chi connectivity index (χ1n) is 15.4. The third-order valence-electron chi connectivity index (χ3n) is 7.36. The fraction of sp³-hybridized carbons (Fsp3) is 0.636. The van der Waals surface area contributed by atoms with Crippen LogP contribution in [-0.2, 0) is 19.1 Å². The Labute approximate surface area is 251 Å². The van der Waals surface area contributed by atoms with Gasteiger partial charge < -0.3 is 26.0 Å². The Morgan fingerprint density at radius 3 is 2.26 bits per heavy atom. The number of rotatable bonds is 15. The normalized spacial score (nSPS) is 15.1. The van der Waals surface area contributed by atoms with E-state index in [1.54, 1.807) is 45.0 Å². The maximum Gasteiger partial charge on any atom is 0.408 e. The number of primary amides is 1. The molecule has 232 valence electrons. The van der Waals surface area contributed by atoms with E-state index in [0.29, 0.717) is 24.1 Å². The molecule has 1 aliphatic rings. The van der Waals surface area contributed by atoms with Crippen molar-refractivity contribution in [1.82, 2.24) is 15.5 Å². The first-order valence-corrected chi connectivity index (χ1v) is 15.4. The van der Waals surface area contributed by atoms with Crippen LogP contribution in [0.15, 0.2) is 24.3 Å². The molecule has 2 atom stereocenters. The van der Waals surface area contributed by atoms with Gasteiger partial charge in [0.25, 0.3) is 0 Å². The van der Waals surface area contributed by atoms with Crippen LogP contribution in [0.2, 0.25) is 0 Å². The van der Waals surface area contributed by atoms with E-state index in [9.17, 15) is 19.2 Å². The molecule has 1 aromatic carbocycles. The highest BCUT2D eigenvalue weighted by Gasteiger charge is 2.37. The van der Waals surface area contributed by atoms with Crippen molar-refractivity contribution in [2.24, 2.45) is 5.73 Å². The highest BCUT2D eigenvalue weighted by atomic mass is 16.6. The van der Waals surface area contributed by atoms with Gasteiger partial charge in [0.05, 0.1) is 0 Å². The Bertz CT molecular complexity index is 1070. The van der Waals surface area contributed by atoms with E-state index in [1.807, 2.05) is 0 Å². The first kappa shape index (κ1) is 34.7. The Kier molecular flexibility index (Phi) is 14.4. The average molecular weight is 583 g/mol. The Morgan fingerprint density at radius 2 is 1.69 bits per heavy atom. The molecule has 9 nitrogen and oxygen atoms in total. The van der Waals surface area contributed by atoms with Crippen LogP contribution in [0, 0.1) is 12.3 Å². The third kappa shape index (κ3) is 12.1. The number of carbonyl (C=O) groups is 4. The van der Waals surface area contributed by atoms with Gasteiger partial charge in [-0.1, -0.05) is 69.9 Å². The quantitative estimate of drug-likeness (QED) is 0.195. The third-order valence-corrected chi connectivity index (χ3v) is 7.36. The van der Waals surface area contributed by atoms with Crippen LogP contribution in [-0.4, -0.2) is 52.9 Å². The van der Waals surface area contributed by atoms with Crippen molar-refractivity contribution in [1.29, 1.82) is 0 Å². The van der Waals surface area contributed by atoms with Crippen LogP contribution in [0.4, 0.5) is 4.79 Å². The van der Waals surface area contributed by atoms with Crippen LogP contribution in [0.25, 0.3) is 0 Å². The molecule has 2 unspecified atom stereocenters. The Hall–Kier alpha value is -3.54. The standard InChI is InChI=1S/C33H50N4O5/c1-6-8-9-10-14-23-37(31(40)27(21-22-28(34)38)36-32(41)42-33(3,4)5)29(25-19-17-24(7-2)18-20-25)30(39)35-26-15-12-11-13-16-26/h2,17-20,26-27,29H,6,8-16,21-23H2,1,3-5H3,(H2,34,38)(H,35,39)(H,36,41). The molecule has 1 fully saturated rings. The number of carbonyl (C=O) groups excluding carboxylic acids is 4. The zero-order valence-corrected chi connectivity index (χ0v) is 25.9. The van der Waals surface area contributed by atoms with Crippen molar-refractivity contribution in [3.8, 4) is 12.3 Å². The summed E-state index contributed by atoms with van der Waals surface area (Å²) in [5.41, 5.74) is 5.91. The molecular weight excluding hydrogens is 532 g/mol. The van der Waals surface area contributed by atoms with Crippen LogP contribution in [0.5, 0.6) is 0 Å². The van der Waals surface area contributed by atoms with Gasteiger partial charge >= 0.3 is 6.09 Å². The van der Waals surface area contributed by atoms with Crippen molar-refractivity contribution in [2.75, 3.05) is 6.54 Å². The SMILES string of the molecule is C#Cc1ccc(C(C(=O)NC2CCCCC2)N(CCCCCCC)C(=O)C(CCC(N)=O)NC(=O)OC(C)(C)C)cc1. The predicted octanol–water partition coefficient (Wildman–Crippen LogP) is 5.12. The predicted molar refractivity (Wildman–Crippen MR) is 164 cm³/mol. The van der Waals surface area contributed by atoms with E-state index in [2.05, 4.69) is 23.5 Å². The number of alkyl carbamates (subject to hydrolysis) is 1. The van der Waals surface area contributed by atoms with Gasteiger partial charge in [0.2, 0.25) is 17.7 Å². The summed E-state index contributed by atoms with van der Waals surface area (Å²) >= 11 is 0. The summed E-state index contributed by atoms with van der Waals surface area (Å²) < 4.78 is 5.41. The summed E-state index contributed by atoms with van der Waals surface area (Å²) in [4.78, 5) is 54.3. The summed E-state index contributed by atoms with van der Waals surface area (Å²) in [5.74, 6) is 1.25. The zero-order chi connectivity index (χ0) is 31.1. The second kappa shape index (κ2) is 17.4. The van der Waals surface area contributed by atoms with E-state index in [1.165, 1.54) is 4.90 Å². The van der Waals surface area contributed by atoms with Crippen LogP contribution >= 0.6 is 0 Å². The van der Waals surface area contributed by atoms with Gasteiger partial charge in [-0.05, 0) is 64.2 Å². The number of benzene rings is 1. The lowest BCUT2D eigenvalue weighted by Gasteiger charge is -2.36. The minimum Gasteiger partial charge on any atom is -0.444 e. The molecule has 4 amide bonds. The fourth-order valence-corrected chi connectivity index (χ4v) is 5.21. The van der Waals surface area contributed by atoms with E-state index in [0.717, 1.165) is 57.8 Å². The number of ether oxygens (including phenoxy) is 1. The largest absolute Gasteiger partial charge is 0.444 e. The highest BCUT2D eigenvalue weighted by molar-refractivity contribution is 5.92. The molecular formula is C33H50N4O5. The van der Waals surface area contributed by atoms with Gasteiger partial charge in [-0.15, -0.1) is 6.42 Å². The fourth-order valence-electron chi connectivity index (χ4n) is 5.21. The number of amides is 4. The lowest BCUT2D eigenvalue weighted by molar-refractivity contribution is -0.143. The molecule has 0 bridgehead atoms. The number of hydrogen-bond acceptors (Lipinski definition) is 5. The highest BCUT2D eigenvalue weighted by Crippen LogP contribution is 2.26. The number of nitrogens with zero attached hydrogens (tertiary/aromatic N) is 1. The maximum atomic E-state index is 14.3. The minimum atomic E-state index is -1.11. The number of nitrogens with one attached hydrogen (secondary N) is 2. The van der Waals surface area contributed by atoms with Gasteiger partial charge in [0.15, 0.2) is 0 Å². The van der Waals surface area contributed by atoms with E-state index in [-0.39, 0.29) is 24.8 Å². The summed E-state index contributed by atoms with van der Waals surface area (Å²) in [6, 6.07) is 5.03. The Balaban J connectivity index is 2.49. The topological polar surface area (TPSA) is 131 Å². The summed E-state index contributed by atoms with van der Waals surface area (Å²) in [7, 11) is 0. The van der Waals surface area contributed by atoms with Crippen LogP contribution in [0.3, 0.4) is 0 Å². The molecule has 1 aromatic rings. The number of unbranched alkanes of at least 4 members (excludes halogenated alkanes) is 4. The van der Waals surface area contributed by atoms with E-state index >= 15 is 0 Å². The number of nitrogens with two attached hydrogens (primary N) is 1. The molecule has 42 heavy (non-hydrogen) atoms. The lowest BCUT2D eigenvalue weighted by atomic mass is 9.94. The summed E-state index contributed by atoms with van der Waals surface area (Å²) in [6.45, 7) is 7.60. The molecule has 4 N–H and O–H groups in total. The van der Waals surface area contributed by atoms with E-state index in [4.69, 9.17) is 16.9 Å².